The summed E-state index contributed by atoms with van der Waals surface area (Å²) in [5, 5.41) is 3.12. The lowest BCUT2D eigenvalue weighted by atomic mass is 9.87. The summed E-state index contributed by atoms with van der Waals surface area (Å²) in [7, 11) is 0. The van der Waals surface area contributed by atoms with Crippen molar-refractivity contribution in [3.63, 3.8) is 0 Å². The first kappa shape index (κ1) is 17.5. The SMILES string of the molecule is CC(=O)N(CCC(=O)NC1CCC(C)CC1)Cc1ccccc1. The number of nitrogens with zero attached hydrogens (tertiary/aromatic N) is 1. The third kappa shape index (κ3) is 6.05. The van der Waals surface area contributed by atoms with Gasteiger partial charge in [-0.15, -0.1) is 0 Å². The molecule has 0 bridgehead atoms. The van der Waals surface area contributed by atoms with Crippen LogP contribution in [0.25, 0.3) is 0 Å². The van der Waals surface area contributed by atoms with E-state index < -0.39 is 0 Å². The number of carbonyl (C=O) groups is 2. The molecule has 23 heavy (non-hydrogen) atoms. The maximum absolute atomic E-state index is 12.1. The van der Waals surface area contributed by atoms with Crippen molar-refractivity contribution in [3.8, 4) is 0 Å². The van der Waals surface area contributed by atoms with E-state index in [-0.39, 0.29) is 11.8 Å². The zero-order chi connectivity index (χ0) is 16.7. The summed E-state index contributed by atoms with van der Waals surface area (Å²) in [5.41, 5.74) is 1.09. The molecule has 2 rings (SSSR count). The average Bonchev–Trinajstić information content (AvgIpc) is 2.54. The highest BCUT2D eigenvalue weighted by Gasteiger charge is 2.20. The predicted molar refractivity (Wildman–Crippen MR) is 91.7 cm³/mol. The van der Waals surface area contributed by atoms with Crippen molar-refractivity contribution in [1.29, 1.82) is 0 Å². The first-order chi connectivity index (χ1) is 11.0. The fraction of sp³-hybridized carbons (Fsp3) is 0.579. The lowest BCUT2D eigenvalue weighted by Gasteiger charge is -2.27. The Hall–Kier alpha value is -1.84. The Balaban J connectivity index is 1.77. The molecule has 0 radical (unpaired) electrons. The number of rotatable bonds is 6. The molecule has 0 atom stereocenters. The van der Waals surface area contributed by atoms with Crippen LogP contribution in [0.2, 0.25) is 0 Å². The topological polar surface area (TPSA) is 49.4 Å². The van der Waals surface area contributed by atoms with Crippen LogP contribution < -0.4 is 5.32 Å². The van der Waals surface area contributed by atoms with Crippen molar-refractivity contribution in [1.82, 2.24) is 10.2 Å². The molecule has 1 aromatic rings. The van der Waals surface area contributed by atoms with E-state index in [1.807, 2.05) is 30.3 Å². The molecule has 0 aromatic heterocycles. The zero-order valence-corrected chi connectivity index (χ0v) is 14.3. The first-order valence-electron chi connectivity index (χ1n) is 8.63. The molecule has 1 aromatic carbocycles. The van der Waals surface area contributed by atoms with Crippen LogP contribution in [0, 0.1) is 5.92 Å². The molecule has 1 fully saturated rings. The molecule has 1 saturated carbocycles. The van der Waals surface area contributed by atoms with Crippen molar-refractivity contribution in [2.24, 2.45) is 5.92 Å². The molecule has 2 amide bonds. The Morgan fingerprint density at radius 1 is 1.13 bits per heavy atom. The molecule has 0 aliphatic heterocycles. The van der Waals surface area contributed by atoms with Gasteiger partial charge >= 0.3 is 0 Å². The Morgan fingerprint density at radius 2 is 1.78 bits per heavy atom. The highest BCUT2D eigenvalue weighted by atomic mass is 16.2. The van der Waals surface area contributed by atoms with E-state index in [1.54, 1.807) is 11.8 Å². The van der Waals surface area contributed by atoms with Gasteiger partial charge < -0.3 is 10.2 Å². The van der Waals surface area contributed by atoms with Gasteiger partial charge in [-0.25, -0.2) is 0 Å². The van der Waals surface area contributed by atoms with Gasteiger partial charge in [-0.1, -0.05) is 37.3 Å². The average molecular weight is 316 g/mol. The fourth-order valence-electron chi connectivity index (χ4n) is 3.09. The summed E-state index contributed by atoms with van der Waals surface area (Å²) in [5.74, 6) is 0.847. The van der Waals surface area contributed by atoms with E-state index in [1.165, 1.54) is 12.8 Å². The van der Waals surface area contributed by atoms with Gasteiger partial charge in [-0.05, 0) is 37.2 Å². The van der Waals surface area contributed by atoms with Crippen LogP contribution in [0.1, 0.15) is 51.5 Å². The normalized spacial score (nSPS) is 20.8. The summed E-state index contributed by atoms with van der Waals surface area (Å²) in [6.45, 7) is 4.86. The van der Waals surface area contributed by atoms with Crippen molar-refractivity contribution in [2.75, 3.05) is 6.54 Å². The zero-order valence-electron chi connectivity index (χ0n) is 14.3. The summed E-state index contributed by atoms with van der Waals surface area (Å²) >= 11 is 0. The van der Waals surface area contributed by atoms with Crippen molar-refractivity contribution >= 4 is 11.8 Å². The lowest BCUT2D eigenvalue weighted by Crippen LogP contribution is -2.39. The Morgan fingerprint density at radius 3 is 2.39 bits per heavy atom. The maximum Gasteiger partial charge on any atom is 0.221 e. The largest absolute Gasteiger partial charge is 0.353 e. The second kappa shape index (κ2) is 8.70. The van der Waals surface area contributed by atoms with Crippen LogP contribution >= 0.6 is 0 Å². The van der Waals surface area contributed by atoms with E-state index in [0.717, 1.165) is 24.3 Å². The van der Waals surface area contributed by atoms with Gasteiger partial charge in [0, 0.05) is 32.5 Å². The second-order valence-electron chi connectivity index (χ2n) is 6.70. The van der Waals surface area contributed by atoms with Gasteiger partial charge in [-0.2, -0.15) is 0 Å². The van der Waals surface area contributed by atoms with Crippen LogP contribution in [-0.2, 0) is 16.1 Å². The summed E-state index contributed by atoms with van der Waals surface area (Å²) in [6.07, 6.45) is 4.91. The number of benzene rings is 1. The van der Waals surface area contributed by atoms with Crippen molar-refractivity contribution in [2.45, 2.75) is 58.5 Å². The predicted octanol–water partition coefficient (Wildman–Crippen LogP) is 3.12. The minimum atomic E-state index is 0.00754. The molecule has 0 saturated heterocycles. The highest BCUT2D eigenvalue weighted by molar-refractivity contribution is 5.78. The summed E-state index contributed by atoms with van der Waals surface area (Å²) < 4.78 is 0. The number of hydrogen-bond donors (Lipinski definition) is 1. The number of carbonyl (C=O) groups excluding carboxylic acids is 2. The monoisotopic (exact) mass is 316 g/mol. The molecule has 1 N–H and O–H groups in total. The van der Waals surface area contributed by atoms with E-state index in [2.05, 4.69) is 12.2 Å². The molecular formula is C19H28N2O2. The van der Waals surface area contributed by atoms with Crippen LogP contribution in [0.15, 0.2) is 30.3 Å². The minimum absolute atomic E-state index is 0.00754. The summed E-state index contributed by atoms with van der Waals surface area (Å²) in [6, 6.07) is 10.2. The quantitative estimate of drug-likeness (QED) is 0.876. The Kier molecular flexibility index (Phi) is 6.63. The van der Waals surface area contributed by atoms with E-state index >= 15 is 0 Å². The van der Waals surface area contributed by atoms with Crippen molar-refractivity contribution in [3.05, 3.63) is 35.9 Å². The molecule has 0 spiro atoms. The molecule has 0 heterocycles. The standard InChI is InChI=1S/C19H28N2O2/c1-15-8-10-18(11-9-15)20-19(23)12-13-21(16(2)22)14-17-6-4-3-5-7-17/h3-7,15,18H,8-14H2,1-2H3,(H,20,23). The molecule has 1 aliphatic carbocycles. The first-order valence-corrected chi connectivity index (χ1v) is 8.63. The number of amides is 2. The van der Waals surface area contributed by atoms with Crippen LogP contribution in [0.4, 0.5) is 0 Å². The molecule has 0 unspecified atom stereocenters. The summed E-state index contributed by atoms with van der Waals surface area (Å²) in [4.78, 5) is 25.6. The number of nitrogens with one attached hydrogen (secondary N) is 1. The minimum Gasteiger partial charge on any atom is -0.353 e. The fourth-order valence-corrected chi connectivity index (χ4v) is 3.09. The van der Waals surface area contributed by atoms with Gasteiger partial charge in [0.15, 0.2) is 0 Å². The van der Waals surface area contributed by atoms with Crippen LogP contribution in [0.5, 0.6) is 0 Å². The van der Waals surface area contributed by atoms with E-state index in [4.69, 9.17) is 0 Å². The van der Waals surface area contributed by atoms with E-state index in [9.17, 15) is 9.59 Å². The van der Waals surface area contributed by atoms with Crippen molar-refractivity contribution < 1.29 is 9.59 Å². The Bertz CT molecular complexity index is 507. The van der Waals surface area contributed by atoms with Gasteiger partial charge in [0.25, 0.3) is 0 Å². The lowest BCUT2D eigenvalue weighted by molar-refractivity contribution is -0.130. The number of hydrogen-bond acceptors (Lipinski definition) is 2. The second-order valence-corrected chi connectivity index (χ2v) is 6.70. The third-order valence-electron chi connectivity index (χ3n) is 4.65. The van der Waals surface area contributed by atoms with Gasteiger partial charge in [0.1, 0.15) is 0 Å². The maximum atomic E-state index is 12.1. The highest BCUT2D eigenvalue weighted by Crippen LogP contribution is 2.23. The third-order valence-corrected chi connectivity index (χ3v) is 4.65. The molecule has 4 nitrogen and oxygen atoms in total. The molecule has 1 aliphatic rings. The van der Waals surface area contributed by atoms with Crippen LogP contribution in [-0.4, -0.2) is 29.3 Å². The molecule has 4 heteroatoms. The van der Waals surface area contributed by atoms with Gasteiger partial charge in [0.05, 0.1) is 0 Å². The van der Waals surface area contributed by atoms with Gasteiger partial charge in [-0.3, -0.25) is 9.59 Å². The van der Waals surface area contributed by atoms with Crippen LogP contribution in [0.3, 0.4) is 0 Å². The van der Waals surface area contributed by atoms with E-state index in [0.29, 0.717) is 25.6 Å². The smallest absolute Gasteiger partial charge is 0.221 e. The molecular weight excluding hydrogens is 288 g/mol. The van der Waals surface area contributed by atoms with Gasteiger partial charge in [0.2, 0.25) is 11.8 Å². The Labute approximate surface area is 139 Å². The molecule has 126 valence electrons.